The Labute approximate surface area is 122 Å². The number of hydrogen-bond acceptors (Lipinski definition) is 5. The number of aromatic nitrogens is 2. The lowest BCUT2D eigenvalue weighted by molar-refractivity contribution is 0.397. The molecular formula is C16H16N4O. The minimum atomic E-state index is 0.613. The van der Waals surface area contributed by atoms with Crippen molar-refractivity contribution in [2.75, 3.05) is 18.2 Å². The van der Waals surface area contributed by atoms with Gasteiger partial charge < -0.3 is 15.8 Å². The van der Waals surface area contributed by atoms with Gasteiger partial charge in [0.25, 0.3) is 0 Å². The molecule has 0 aliphatic heterocycles. The third kappa shape index (κ3) is 2.86. The highest BCUT2D eigenvalue weighted by Crippen LogP contribution is 2.24. The summed E-state index contributed by atoms with van der Waals surface area (Å²) in [5.41, 5.74) is 9.51. The van der Waals surface area contributed by atoms with Gasteiger partial charge in [-0.05, 0) is 35.9 Å². The molecule has 3 aromatic rings. The van der Waals surface area contributed by atoms with Crippen LogP contribution in [-0.4, -0.2) is 17.1 Å². The van der Waals surface area contributed by atoms with Crippen LogP contribution in [0.15, 0.2) is 48.8 Å². The first-order valence-corrected chi connectivity index (χ1v) is 6.63. The Bertz CT molecular complexity index is 773. The molecule has 5 nitrogen and oxygen atoms in total. The van der Waals surface area contributed by atoms with E-state index in [1.807, 2.05) is 36.4 Å². The number of pyridine rings is 2. The van der Waals surface area contributed by atoms with Crippen LogP contribution in [0.3, 0.4) is 0 Å². The minimum absolute atomic E-state index is 0.613. The quantitative estimate of drug-likeness (QED) is 0.719. The molecule has 0 fully saturated rings. The van der Waals surface area contributed by atoms with E-state index in [9.17, 15) is 0 Å². The van der Waals surface area contributed by atoms with Crippen LogP contribution in [-0.2, 0) is 6.54 Å². The monoisotopic (exact) mass is 280 g/mol. The number of rotatable bonds is 4. The summed E-state index contributed by atoms with van der Waals surface area (Å²) in [7, 11) is 1.61. The molecule has 0 amide bonds. The Kier molecular flexibility index (Phi) is 3.55. The molecule has 0 bridgehead atoms. The van der Waals surface area contributed by atoms with Crippen LogP contribution in [0.2, 0.25) is 0 Å². The van der Waals surface area contributed by atoms with E-state index in [0.717, 1.165) is 22.2 Å². The highest BCUT2D eigenvalue weighted by atomic mass is 16.5. The van der Waals surface area contributed by atoms with Crippen LogP contribution in [0.4, 0.5) is 11.4 Å². The van der Waals surface area contributed by atoms with E-state index >= 15 is 0 Å². The first-order valence-electron chi connectivity index (χ1n) is 6.63. The fourth-order valence-corrected chi connectivity index (χ4v) is 2.19. The van der Waals surface area contributed by atoms with E-state index < -0.39 is 0 Å². The van der Waals surface area contributed by atoms with Gasteiger partial charge in [0.05, 0.1) is 12.6 Å². The van der Waals surface area contributed by atoms with Crippen LogP contribution in [0.1, 0.15) is 5.56 Å². The summed E-state index contributed by atoms with van der Waals surface area (Å²) in [6.07, 6.45) is 3.51. The molecule has 2 aromatic heterocycles. The highest BCUT2D eigenvalue weighted by Gasteiger charge is 2.03. The lowest BCUT2D eigenvalue weighted by Crippen LogP contribution is -2.01. The second-order valence-corrected chi connectivity index (χ2v) is 4.70. The third-order valence-corrected chi connectivity index (χ3v) is 3.26. The maximum Gasteiger partial charge on any atom is 0.213 e. The van der Waals surface area contributed by atoms with Gasteiger partial charge in [-0.1, -0.05) is 0 Å². The summed E-state index contributed by atoms with van der Waals surface area (Å²) in [6, 6.07) is 11.6. The van der Waals surface area contributed by atoms with Crippen LogP contribution >= 0.6 is 0 Å². The zero-order valence-electron chi connectivity index (χ0n) is 11.7. The van der Waals surface area contributed by atoms with Crippen molar-refractivity contribution < 1.29 is 4.74 Å². The average molecular weight is 280 g/mol. The van der Waals surface area contributed by atoms with E-state index in [4.69, 9.17) is 10.5 Å². The van der Waals surface area contributed by atoms with Crippen molar-refractivity contribution in [3.05, 3.63) is 54.4 Å². The molecule has 1 aromatic carbocycles. The molecule has 3 N–H and O–H groups in total. The van der Waals surface area contributed by atoms with E-state index in [2.05, 4.69) is 15.3 Å². The number of benzene rings is 1. The number of ether oxygens (including phenoxy) is 1. The molecule has 106 valence electrons. The van der Waals surface area contributed by atoms with Crippen LogP contribution in [0, 0.1) is 0 Å². The number of nitrogens with one attached hydrogen (secondary N) is 1. The first kappa shape index (κ1) is 13.2. The lowest BCUT2D eigenvalue weighted by Gasteiger charge is -2.10. The van der Waals surface area contributed by atoms with Crippen molar-refractivity contribution in [1.29, 1.82) is 0 Å². The molecule has 21 heavy (non-hydrogen) atoms. The molecular weight excluding hydrogens is 264 g/mol. The summed E-state index contributed by atoms with van der Waals surface area (Å²) < 4.78 is 5.13. The summed E-state index contributed by atoms with van der Waals surface area (Å²) in [6.45, 7) is 0.683. The molecule has 5 heteroatoms. The zero-order chi connectivity index (χ0) is 14.7. The predicted octanol–water partition coefficient (Wildman–Crippen LogP) is 2.83. The predicted molar refractivity (Wildman–Crippen MR) is 84.3 cm³/mol. The van der Waals surface area contributed by atoms with Crippen LogP contribution < -0.4 is 15.8 Å². The second kappa shape index (κ2) is 5.66. The SMILES string of the molecule is COc1cc(CNc2ccnc3cc(N)ccc23)ccn1. The molecule has 0 radical (unpaired) electrons. The smallest absolute Gasteiger partial charge is 0.213 e. The largest absolute Gasteiger partial charge is 0.481 e. The van der Waals surface area contributed by atoms with Crippen LogP contribution in [0.5, 0.6) is 5.88 Å². The fourth-order valence-electron chi connectivity index (χ4n) is 2.19. The molecule has 0 saturated heterocycles. The first-order chi connectivity index (χ1) is 10.3. The fraction of sp³-hybridized carbons (Fsp3) is 0.125. The normalized spacial score (nSPS) is 10.5. The Morgan fingerprint density at radius 1 is 1.10 bits per heavy atom. The van der Waals surface area contributed by atoms with E-state index in [1.54, 1.807) is 19.5 Å². The minimum Gasteiger partial charge on any atom is -0.481 e. The molecule has 0 unspecified atom stereocenters. The topological polar surface area (TPSA) is 73.1 Å². The lowest BCUT2D eigenvalue weighted by atomic mass is 10.1. The number of anilines is 2. The Morgan fingerprint density at radius 2 is 1.95 bits per heavy atom. The highest BCUT2D eigenvalue weighted by molar-refractivity contribution is 5.92. The van der Waals surface area contributed by atoms with Crippen molar-refractivity contribution in [2.45, 2.75) is 6.54 Å². The van der Waals surface area contributed by atoms with Gasteiger partial charge in [-0.25, -0.2) is 4.98 Å². The Morgan fingerprint density at radius 3 is 2.81 bits per heavy atom. The molecule has 2 heterocycles. The van der Waals surface area contributed by atoms with Gasteiger partial charge in [-0.2, -0.15) is 0 Å². The molecule has 0 aliphatic carbocycles. The maximum atomic E-state index is 5.79. The van der Waals surface area contributed by atoms with Crippen molar-refractivity contribution in [3.63, 3.8) is 0 Å². The van der Waals surface area contributed by atoms with Crippen molar-refractivity contribution in [1.82, 2.24) is 9.97 Å². The van der Waals surface area contributed by atoms with Crippen molar-refractivity contribution >= 4 is 22.3 Å². The van der Waals surface area contributed by atoms with Gasteiger partial charge in [0.2, 0.25) is 5.88 Å². The van der Waals surface area contributed by atoms with Crippen molar-refractivity contribution in [2.24, 2.45) is 0 Å². The van der Waals surface area contributed by atoms with Crippen molar-refractivity contribution in [3.8, 4) is 5.88 Å². The van der Waals surface area contributed by atoms with Gasteiger partial charge in [-0.15, -0.1) is 0 Å². The number of nitrogens with zero attached hydrogens (tertiary/aromatic N) is 2. The number of methoxy groups -OCH3 is 1. The van der Waals surface area contributed by atoms with Crippen LogP contribution in [0.25, 0.3) is 10.9 Å². The second-order valence-electron chi connectivity index (χ2n) is 4.70. The molecule has 0 aliphatic rings. The van der Waals surface area contributed by atoms with Gasteiger partial charge in [0.1, 0.15) is 0 Å². The summed E-state index contributed by atoms with van der Waals surface area (Å²) in [4.78, 5) is 8.43. The van der Waals surface area contributed by atoms with Gasteiger partial charge >= 0.3 is 0 Å². The number of nitrogen functional groups attached to an aromatic ring is 1. The summed E-state index contributed by atoms with van der Waals surface area (Å²) in [5.74, 6) is 0.613. The molecule has 0 spiro atoms. The third-order valence-electron chi connectivity index (χ3n) is 3.26. The zero-order valence-corrected chi connectivity index (χ0v) is 11.7. The Balaban J connectivity index is 1.84. The summed E-state index contributed by atoms with van der Waals surface area (Å²) in [5, 5.41) is 4.46. The van der Waals surface area contributed by atoms with Gasteiger partial charge in [0, 0.05) is 41.8 Å². The molecule has 0 atom stereocenters. The standard InChI is InChI=1S/C16H16N4O/c1-21-16-8-11(4-6-19-16)10-20-14-5-7-18-15-9-12(17)2-3-13(14)15/h2-9H,10,17H2,1H3,(H,18,20). The van der Waals surface area contributed by atoms with E-state index in [1.165, 1.54) is 0 Å². The van der Waals surface area contributed by atoms with Gasteiger partial charge in [-0.3, -0.25) is 4.98 Å². The number of nitrogens with two attached hydrogens (primary N) is 1. The maximum absolute atomic E-state index is 5.79. The average Bonchev–Trinajstić information content (AvgIpc) is 2.52. The molecule has 0 saturated carbocycles. The number of fused-ring (bicyclic) bond motifs is 1. The Hall–Kier alpha value is -2.82. The summed E-state index contributed by atoms with van der Waals surface area (Å²) >= 11 is 0. The van der Waals surface area contributed by atoms with E-state index in [0.29, 0.717) is 18.1 Å². The molecule has 3 rings (SSSR count). The van der Waals surface area contributed by atoms with Gasteiger partial charge in [0.15, 0.2) is 0 Å². The van der Waals surface area contributed by atoms with E-state index in [-0.39, 0.29) is 0 Å². The number of hydrogen-bond donors (Lipinski definition) is 2.